The Morgan fingerprint density at radius 1 is 1.19 bits per heavy atom. The minimum absolute atomic E-state index is 0.147. The molecule has 1 aliphatic rings. The molecule has 0 fully saturated rings. The lowest BCUT2D eigenvalue weighted by molar-refractivity contribution is -0.136. The Labute approximate surface area is 176 Å². The van der Waals surface area contributed by atoms with Crippen LogP contribution in [0.4, 0.5) is 0 Å². The molecule has 0 aliphatic carbocycles. The maximum atomic E-state index is 12.9. The van der Waals surface area contributed by atoms with Gasteiger partial charge >= 0.3 is 5.97 Å². The summed E-state index contributed by atoms with van der Waals surface area (Å²) < 4.78 is 17.1. The van der Waals surface area contributed by atoms with Crippen molar-refractivity contribution >= 4 is 17.6 Å². The van der Waals surface area contributed by atoms with Gasteiger partial charge in [-0.05, 0) is 43.7 Å². The summed E-state index contributed by atoms with van der Waals surface area (Å²) in [5.74, 6) is -0.368. The van der Waals surface area contributed by atoms with Crippen molar-refractivity contribution in [1.29, 1.82) is 0 Å². The van der Waals surface area contributed by atoms with Gasteiger partial charge < -0.3 is 13.6 Å². The van der Waals surface area contributed by atoms with Crippen LogP contribution in [0.5, 0.6) is 0 Å². The Hall–Kier alpha value is -3.95. The molecule has 0 bridgehead atoms. The fraction of sp³-hybridized carbons (Fsp3) is 0.286. The van der Waals surface area contributed by atoms with Gasteiger partial charge in [0.1, 0.15) is 28.8 Å². The molecule has 0 spiro atoms. The summed E-state index contributed by atoms with van der Waals surface area (Å²) in [7, 11) is 1.44. The predicted molar refractivity (Wildman–Crippen MR) is 107 cm³/mol. The van der Waals surface area contributed by atoms with Gasteiger partial charge in [0.15, 0.2) is 6.61 Å². The largest absolute Gasteiger partial charge is 0.467 e. The second-order valence-corrected chi connectivity index (χ2v) is 7.09. The normalized spacial score (nSPS) is 15.8. The molecule has 3 aromatic heterocycles. The average Bonchev–Trinajstić information content (AvgIpc) is 3.51. The van der Waals surface area contributed by atoms with E-state index in [4.69, 9.17) is 13.6 Å². The van der Waals surface area contributed by atoms with Crippen LogP contribution >= 0.6 is 0 Å². The van der Waals surface area contributed by atoms with Crippen LogP contribution in [-0.2, 0) is 16.6 Å². The molecule has 1 unspecified atom stereocenters. The topological polar surface area (TPSA) is 120 Å². The van der Waals surface area contributed by atoms with E-state index in [1.54, 1.807) is 38.1 Å². The number of aryl methyl sites for hydroxylation is 2. The molecule has 0 N–H and O–H groups in total. The molecule has 10 heteroatoms. The quantitative estimate of drug-likeness (QED) is 0.575. The Morgan fingerprint density at radius 3 is 2.61 bits per heavy atom. The van der Waals surface area contributed by atoms with Gasteiger partial charge in [-0.15, -0.1) is 0 Å². The molecule has 3 aromatic rings. The SMILES string of the molecule is Cc1nn(C)c(=O)c(C(=O)OCC(=O)N2N=C(c3ccco3)CC2c2ccco2)c1C. The number of esters is 1. The standard InChI is InChI=1S/C21H20N4O6/c1-12-13(2)22-24(3)20(27)19(12)21(28)31-11-18(26)25-15(17-7-5-9-30-17)10-14(23-25)16-6-4-8-29-16/h4-9,15H,10-11H2,1-3H3. The zero-order chi connectivity index (χ0) is 22.1. The van der Waals surface area contributed by atoms with Crippen LogP contribution in [0, 0.1) is 13.8 Å². The van der Waals surface area contributed by atoms with Crippen molar-refractivity contribution in [3.8, 4) is 0 Å². The van der Waals surface area contributed by atoms with Crippen molar-refractivity contribution in [2.24, 2.45) is 12.1 Å². The average molecular weight is 424 g/mol. The fourth-order valence-electron chi connectivity index (χ4n) is 3.39. The molecule has 4 heterocycles. The molecular weight excluding hydrogens is 404 g/mol. The highest BCUT2D eigenvalue weighted by atomic mass is 16.5. The summed E-state index contributed by atoms with van der Waals surface area (Å²) in [6.45, 7) is 2.70. The summed E-state index contributed by atoms with van der Waals surface area (Å²) in [4.78, 5) is 37.8. The van der Waals surface area contributed by atoms with Crippen LogP contribution < -0.4 is 5.56 Å². The van der Waals surface area contributed by atoms with Crippen molar-refractivity contribution < 1.29 is 23.2 Å². The number of aromatic nitrogens is 2. The Kier molecular flexibility index (Phi) is 5.28. The number of hydrogen-bond acceptors (Lipinski definition) is 8. The second-order valence-electron chi connectivity index (χ2n) is 7.09. The van der Waals surface area contributed by atoms with Gasteiger partial charge in [0.2, 0.25) is 0 Å². The third kappa shape index (κ3) is 3.79. The first-order valence-electron chi connectivity index (χ1n) is 9.55. The van der Waals surface area contributed by atoms with Gasteiger partial charge in [0.25, 0.3) is 11.5 Å². The number of hydrazone groups is 1. The highest BCUT2D eigenvalue weighted by Crippen LogP contribution is 2.33. The minimum Gasteiger partial charge on any atom is -0.467 e. The third-order valence-corrected chi connectivity index (χ3v) is 5.10. The van der Waals surface area contributed by atoms with E-state index in [-0.39, 0.29) is 5.56 Å². The maximum absolute atomic E-state index is 12.9. The molecule has 1 atom stereocenters. The minimum atomic E-state index is -0.888. The summed E-state index contributed by atoms with van der Waals surface area (Å²) in [6, 6.07) is 6.43. The zero-order valence-electron chi connectivity index (χ0n) is 17.2. The van der Waals surface area contributed by atoms with E-state index in [1.165, 1.54) is 24.6 Å². The second kappa shape index (κ2) is 8.05. The summed E-state index contributed by atoms with van der Waals surface area (Å²) in [5, 5.41) is 9.61. The van der Waals surface area contributed by atoms with Crippen LogP contribution in [0.15, 0.2) is 55.5 Å². The van der Waals surface area contributed by atoms with Gasteiger partial charge in [-0.2, -0.15) is 10.2 Å². The van der Waals surface area contributed by atoms with Gasteiger partial charge in [-0.25, -0.2) is 14.5 Å². The van der Waals surface area contributed by atoms with Crippen LogP contribution in [0.2, 0.25) is 0 Å². The number of rotatable bonds is 5. The molecule has 1 aliphatic heterocycles. The molecule has 0 radical (unpaired) electrons. The molecule has 4 rings (SSSR count). The highest BCUT2D eigenvalue weighted by Gasteiger charge is 2.36. The Bertz CT molecular complexity index is 1210. The van der Waals surface area contributed by atoms with E-state index in [0.717, 1.165) is 4.68 Å². The molecule has 0 saturated heterocycles. The van der Waals surface area contributed by atoms with Gasteiger partial charge in [-0.1, -0.05) is 0 Å². The number of nitrogens with zero attached hydrogens (tertiary/aromatic N) is 4. The van der Waals surface area contributed by atoms with Gasteiger partial charge in [0, 0.05) is 13.5 Å². The van der Waals surface area contributed by atoms with Crippen LogP contribution in [0.1, 0.15) is 45.6 Å². The molecule has 0 aromatic carbocycles. The number of furan rings is 2. The molecule has 10 nitrogen and oxygen atoms in total. The van der Waals surface area contributed by atoms with Crippen molar-refractivity contribution in [1.82, 2.24) is 14.8 Å². The van der Waals surface area contributed by atoms with Gasteiger partial charge in [-0.3, -0.25) is 9.59 Å². The van der Waals surface area contributed by atoms with Crippen LogP contribution in [0.25, 0.3) is 0 Å². The molecule has 1 amide bonds. The summed E-state index contributed by atoms with van der Waals surface area (Å²) >= 11 is 0. The monoisotopic (exact) mass is 424 g/mol. The van der Waals surface area contributed by atoms with E-state index < -0.39 is 30.1 Å². The van der Waals surface area contributed by atoms with Crippen molar-refractivity contribution in [3.05, 3.63) is 75.5 Å². The number of amides is 1. The summed E-state index contributed by atoms with van der Waals surface area (Å²) in [6.07, 6.45) is 3.41. The van der Waals surface area contributed by atoms with E-state index in [0.29, 0.717) is 34.9 Å². The van der Waals surface area contributed by atoms with E-state index in [9.17, 15) is 14.4 Å². The lowest BCUT2D eigenvalue weighted by atomic mass is 10.1. The molecular formula is C21H20N4O6. The highest BCUT2D eigenvalue weighted by molar-refractivity contribution is 6.01. The first-order valence-corrected chi connectivity index (χ1v) is 9.55. The van der Waals surface area contributed by atoms with Crippen molar-refractivity contribution in [2.45, 2.75) is 26.3 Å². The third-order valence-electron chi connectivity index (χ3n) is 5.10. The van der Waals surface area contributed by atoms with E-state index >= 15 is 0 Å². The van der Waals surface area contributed by atoms with Gasteiger partial charge in [0.05, 0.1) is 18.2 Å². The molecule has 31 heavy (non-hydrogen) atoms. The molecule has 160 valence electrons. The lowest BCUT2D eigenvalue weighted by Gasteiger charge is -2.19. The smallest absolute Gasteiger partial charge is 0.344 e. The zero-order valence-corrected chi connectivity index (χ0v) is 17.2. The van der Waals surface area contributed by atoms with Crippen molar-refractivity contribution in [2.75, 3.05) is 6.61 Å². The van der Waals surface area contributed by atoms with Crippen LogP contribution in [0.3, 0.4) is 0 Å². The number of ether oxygens (including phenoxy) is 1. The number of carbonyl (C=O) groups excluding carboxylic acids is 2. The van der Waals surface area contributed by atoms with E-state index in [2.05, 4.69) is 10.2 Å². The number of carbonyl (C=O) groups is 2. The lowest BCUT2D eigenvalue weighted by Crippen LogP contribution is -2.34. The Morgan fingerprint density at radius 2 is 1.94 bits per heavy atom. The first kappa shape index (κ1) is 20.3. The maximum Gasteiger partial charge on any atom is 0.344 e. The Balaban J connectivity index is 1.54. The summed E-state index contributed by atoms with van der Waals surface area (Å²) in [5.41, 5.74) is 0.763. The van der Waals surface area contributed by atoms with E-state index in [1.807, 2.05) is 0 Å². The first-order chi connectivity index (χ1) is 14.9. The fourth-order valence-corrected chi connectivity index (χ4v) is 3.39. The molecule has 0 saturated carbocycles. The number of hydrogen-bond donors (Lipinski definition) is 0. The predicted octanol–water partition coefficient (Wildman–Crippen LogP) is 2.12. The van der Waals surface area contributed by atoms with Crippen molar-refractivity contribution in [3.63, 3.8) is 0 Å². The van der Waals surface area contributed by atoms with Crippen LogP contribution in [-0.4, -0.2) is 39.0 Å².